The van der Waals surface area contributed by atoms with E-state index >= 15 is 0 Å². The molecular formula is C13H17N3O4. The van der Waals surface area contributed by atoms with Crippen molar-refractivity contribution < 1.29 is 19.4 Å². The van der Waals surface area contributed by atoms with E-state index in [1.807, 2.05) is 0 Å². The summed E-state index contributed by atoms with van der Waals surface area (Å²) < 4.78 is 5.20. The fourth-order valence-electron chi connectivity index (χ4n) is 1.98. The van der Waals surface area contributed by atoms with Crippen molar-refractivity contribution >= 4 is 17.7 Å². The van der Waals surface area contributed by atoms with Crippen LogP contribution in [0.15, 0.2) is 18.2 Å². The van der Waals surface area contributed by atoms with Crippen LogP contribution in [0.5, 0.6) is 0 Å². The Morgan fingerprint density at radius 3 is 2.75 bits per heavy atom. The third kappa shape index (κ3) is 3.45. The zero-order valence-electron chi connectivity index (χ0n) is 11.2. The number of amides is 1. The van der Waals surface area contributed by atoms with Crippen molar-refractivity contribution in [3.63, 3.8) is 0 Å². The molecule has 108 valence electrons. The number of aromatic nitrogens is 1. The zero-order chi connectivity index (χ0) is 14.5. The summed E-state index contributed by atoms with van der Waals surface area (Å²) in [7, 11) is 0. The number of morpholine rings is 1. The molecule has 0 saturated carbocycles. The summed E-state index contributed by atoms with van der Waals surface area (Å²) in [5.74, 6) is -0.768. The summed E-state index contributed by atoms with van der Waals surface area (Å²) in [5.41, 5.74) is -0.0546. The lowest BCUT2D eigenvalue weighted by Crippen LogP contribution is -2.47. The molecule has 0 radical (unpaired) electrons. The normalized spacial score (nSPS) is 16.6. The number of carboxylic acid groups (broad SMARTS) is 1. The molecule has 2 heterocycles. The van der Waals surface area contributed by atoms with E-state index in [-0.39, 0.29) is 11.6 Å². The van der Waals surface area contributed by atoms with Gasteiger partial charge in [-0.2, -0.15) is 0 Å². The van der Waals surface area contributed by atoms with Gasteiger partial charge in [0.25, 0.3) is 0 Å². The molecule has 2 rings (SSSR count). The maximum absolute atomic E-state index is 12.2. The number of carbonyl (C=O) groups is 2. The summed E-state index contributed by atoms with van der Waals surface area (Å²) in [5, 5.41) is 11.8. The van der Waals surface area contributed by atoms with E-state index in [9.17, 15) is 9.59 Å². The van der Waals surface area contributed by atoms with Gasteiger partial charge in [0.2, 0.25) is 5.91 Å². The Labute approximate surface area is 116 Å². The number of carboxylic acids is 1. The molecule has 7 nitrogen and oxygen atoms in total. The van der Waals surface area contributed by atoms with Gasteiger partial charge in [-0.05, 0) is 19.1 Å². The summed E-state index contributed by atoms with van der Waals surface area (Å²) in [6.45, 7) is 3.98. The molecule has 1 aromatic heterocycles. The number of hydrogen-bond acceptors (Lipinski definition) is 5. The molecule has 7 heteroatoms. The van der Waals surface area contributed by atoms with E-state index in [0.29, 0.717) is 32.1 Å². The average Bonchev–Trinajstić information content (AvgIpc) is 2.47. The van der Waals surface area contributed by atoms with Gasteiger partial charge in [0.1, 0.15) is 11.9 Å². The molecule has 1 amide bonds. The van der Waals surface area contributed by atoms with Crippen LogP contribution in [0.1, 0.15) is 17.4 Å². The molecule has 0 spiro atoms. The van der Waals surface area contributed by atoms with Gasteiger partial charge in [-0.3, -0.25) is 4.79 Å². The Balaban J connectivity index is 1.99. The Kier molecular flexibility index (Phi) is 4.52. The first kappa shape index (κ1) is 14.3. The van der Waals surface area contributed by atoms with Gasteiger partial charge in [-0.1, -0.05) is 6.07 Å². The van der Waals surface area contributed by atoms with Gasteiger partial charge in [0.15, 0.2) is 5.69 Å². The van der Waals surface area contributed by atoms with Gasteiger partial charge in [-0.15, -0.1) is 0 Å². The number of anilines is 1. The van der Waals surface area contributed by atoms with Crippen LogP contribution < -0.4 is 5.32 Å². The highest BCUT2D eigenvalue weighted by Gasteiger charge is 2.22. The van der Waals surface area contributed by atoms with Crippen LogP contribution in [0, 0.1) is 0 Å². The predicted octanol–water partition coefficient (Wildman–Crippen LogP) is 0.439. The number of carbonyl (C=O) groups excluding carboxylic acids is 1. The molecule has 1 aromatic rings. The minimum Gasteiger partial charge on any atom is -0.477 e. The number of rotatable bonds is 4. The zero-order valence-corrected chi connectivity index (χ0v) is 11.2. The van der Waals surface area contributed by atoms with Gasteiger partial charge in [0, 0.05) is 13.1 Å². The van der Waals surface area contributed by atoms with E-state index < -0.39 is 12.0 Å². The van der Waals surface area contributed by atoms with Crippen LogP contribution in [0.2, 0.25) is 0 Å². The molecule has 0 bridgehead atoms. The van der Waals surface area contributed by atoms with Crippen molar-refractivity contribution in [3.05, 3.63) is 23.9 Å². The van der Waals surface area contributed by atoms with Crippen LogP contribution in [-0.2, 0) is 9.53 Å². The smallest absolute Gasteiger partial charge is 0.354 e. The van der Waals surface area contributed by atoms with Crippen molar-refractivity contribution in [1.82, 2.24) is 9.88 Å². The third-order valence-electron chi connectivity index (χ3n) is 3.03. The monoisotopic (exact) mass is 279 g/mol. The molecule has 2 N–H and O–H groups in total. The molecule has 1 fully saturated rings. The Morgan fingerprint density at radius 2 is 2.10 bits per heavy atom. The molecule has 1 unspecified atom stereocenters. The van der Waals surface area contributed by atoms with Crippen LogP contribution in [0.25, 0.3) is 0 Å². The first-order chi connectivity index (χ1) is 9.58. The fraction of sp³-hybridized carbons (Fsp3) is 0.462. The van der Waals surface area contributed by atoms with Crippen molar-refractivity contribution in [2.24, 2.45) is 0 Å². The number of nitrogens with zero attached hydrogens (tertiary/aromatic N) is 2. The van der Waals surface area contributed by atoms with E-state index in [2.05, 4.69) is 10.3 Å². The first-order valence-corrected chi connectivity index (χ1v) is 6.41. The number of pyridine rings is 1. The fourth-order valence-corrected chi connectivity index (χ4v) is 1.98. The highest BCUT2D eigenvalue weighted by atomic mass is 16.5. The van der Waals surface area contributed by atoms with E-state index in [4.69, 9.17) is 9.84 Å². The number of aromatic carboxylic acids is 1. The topological polar surface area (TPSA) is 91.8 Å². The minimum absolute atomic E-state index is 0.0455. The molecule has 1 atom stereocenters. The SMILES string of the molecule is CC(Nc1cccc(C(=O)O)n1)C(=O)N1CCOCC1. The van der Waals surface area contributed by atoms with Crippen molar-refractivity contribution in [2.75, 3.05) is 31.6 Å². The van der Waals surface area contributed by atoms with Gasteiger partial charge < -0.3 is 20.1 Å². The summed E-state index contributed by atoms with van der Waals surface area (Å²) in [6, 6.07) is 4.16. The first-order valence-electron chi connectivity index (χ1n) is 6.41. The second-order valence-corrected chi connectivity index (χ2v) is 4.52. The van der Waals surface area contributed by atoms with Crippen LogP contribution in [-0.4, -0.2) is 59.2 Å². The second kappa shape index (κ2) is 6.33. The Morgan fingerprint density at radius 1 is 1.40 bits per heavy atom. The molecular weight excluding hydrogens is 262 g/mol. The maximum Gasteiger partial charge on any atom is 0.354 e. The van der Waals surface area contributed by atoms with E-state index in [0.717, 1.165) is 0 Å². The second-order valence-electron chi connectivity index (χ2n) is 4.52. The standard InChI is InChI=1S/C13H17N3O4/c1-9(12(17)16-5-7-20-8-6-16)14-11-4-2-3-10(15-11)13(18)19/h2-4,9H,5-8H2,1H3,(H,14,15)(H,18,19). The van der Waals surface area contributed by atoms with Gasteiger partial charge in [0.05, 0.1) is 13.2 Å². The number of hydrogen-bond donors (Lipinski definition) is 2. The lowest BCUT2D eigenvalue weighted by Gasteiger charge is -2.29. The minimum atomic E-state index is -1.10. The maximum atomic E-state index is 12.2. The van der Waals surface area contributed by atoms with E-state index in [1.54, 1.807) is 24.0 Å². The van der Waals surface area contributed by atoms with Crippen LogP contribution in [0.4, 0.5) is 5.82 Å². The molecule has 0 aliphatic carbocycles. The number of ether oxygens (including phenoxy) is 1. The van der Waals surface area contributed by atoms with Crippen LogP contribution in [0.3, 0.4) is 0 Å². The molecule has 1 aliphatic heterocycles. The van der Waals surface area contributed by atoms with Crippen LogP contribution >= 0.6 is 0 Å². The number of nitrogens with one attached hydrogen (secondary N) is 1. The van der Waals surface area contributed by atoms with Gasteiger partial charge in [-0.25, -0.2) is 9.78 Å². The Hall–Kier alpha value is -2.15. The molecule has 20 heavy (non-hydrogen) atoms. The third-order valence-corrected chi connectivity index (χ3v) is 3.03. The summed E-state index contributed by atoms with van der Waals surface area (Å²) >= 11 is 0. The largest absolute Gasteiger partial charge is 0.477 e. The Bertz CT molecular complexity index is 500. The van der Waals surface area contributed by atoms with Crippen molar-refractivity contribution in [1.29, 1.82) is 0 Å². The lowest BCUT2D eigenvalue weighted by atomic mass is 10.2. The average molecular weight is 279 g/mol. The highest BCUT2D eigenvalue weighted by molar-refractivity contribution is 5.86. The predicted molar refractivity (Wildman–Crippen MR) is 71.7 cm³/mol. The molecule has 0 aromatic carbocycles. The summed E-state index contributed by atoms with van der Waals surface area (Å²) in [4.78, 5) is 28.7. The quantitative estimate of drug-likeness (QED) is 0.831. The van der Waals surface area contributed by atoms with Gasteiger partial charge >= 0.3 is 5.97 Å². The van der Waals surface area contributed by atoms with E-state index in [1.165, 1.54) is 6.07 Å². The highest BCUT2D eigenvalue weighted by Crippen LogP contribution is 2.09. The van der Waals surface area contributed by atoms with Crippen molar-refractivity contribution in [2.45, 2.75) is 13.0 Å². The van der Waals surface area contributed by atoms with Crippen molar-refractivity contribution in [3.8, 4) is 0 Å². The molecule has 1 saturated heterocycles. The molecule has 1 aliphatic rings. The summed E-state index contributed by atoms with van der Waals surface area (Å²) in [6.07, 6.45) is 0. The lowest BCUT2D eigenvalue weighted by molar-refractivity contribution is -0.135.